The predicted molar refractivity (Wildman–Crippen MR) is 110 cm³/mol. The number of benzene rings is 2. The molecule has 2 aromatic carbocycles. The molecule has 3 rings (SSSR count). The van der Waals surface area contributed by atoms with Gasteiger partial charge in [-0.05, 0) is 62.4 Å². The topological polar surface area (TPSA) is 74.8 Å². The quantitative estimate of drug-likeness (QED) is 0.696. The first-order valence-electron chi connectivity index (χ1n) is 8.58. The van der Waals surface area contributed by atoms with Gasteiger partial charge >= 0.3 is 0 Å². The van der Waals surface area contributed by atoms with Crippen molar-refractivity contribution in [2.75, 3.05) is 13.1 Å². The van der Waals surface area contributed by atoms with E-state index in [1.54, 1.807) is 13.8 Å². The van der Waals surface area contributed by atoms with Gasteiger partial charge in [-0.3, -0.25) is 0 Å². The summed E-state index contributed by atoms with van der Waals surface area (Å²) < 4.78 is 54.8. The highest BCUT2D eigenvalue weighted by Gasteiger charge is 2.41. The third-order valence-electron chi connectivity index (χ3n) is 4.71. The monoisotopic (exact) mass is 462 g/mol. The molecule has 1 saturated heterocycles. The lowest BCUT2D eigenvalue weighted by molar-refractivity contribution is 0.164. The molecule has 1 aliphatic heterocycles. The number of rotatable bonds is 4. The van der Waals surface area contributed by atoms with Gasteiger partial charge in [-0.15, -0.1) is 0 Å². The van der Waals surface area contributed by atoms with Gasteiger partial charge in [0.15, 0.2) is 0 Å². The summed E-state index contributed by atoms with van der Waals surface area (Å²) in [6, 6.07) is 10.8. The van der Waals surface area contributed by atoms with Crippen molar-refractivity contribution in [1.29, 1.82) is 0 Å². The average molecular weight is 463 g/mol. The van der Waals surface area contributed by atoms with Crippen molar-refractivity contribution in [1.82, 2.24) is 8.61 Å². The fourth-order valence-electron chi connectivity index (χ4n) is 3.22. The van der Waals surface area contributed by atoms with Gasteiger partial charge in [0.1, 0.15) is 0 Å². The van der Waals surface area contributed by atoms with Gasteiger partial charge in [0.05, 0.1) is 9.79 Å². The van der Waals surface area contributed by atoms with E-state index in [1.165, 1.54) is 57.1 Å². The minimum atomic E-state index is -3.76. The zero-order chi connectivity index (χ0) is 20.7. The van der Waals surface area contributed by atoms with Crippen molar-refractivity contribution in [2.24, 2.45) is 0 Å². The van der Waals surface area contributed by atoms with Crippen LogP contribution in [0.1, 0.15) is 13.8 Å². The predicted octanol–water partition coefficient (Wildman–Crippen LogP) is 3.47. The molecule has 2 atom stereocenters. The molecular formula is C18H20Cl2N2O4S2. The number of halogens is 2. The molecular weight excluding hydrogens is 443 g/mol. The third kappa shape index (κ3) is 4.08. The van der Waals surface area contributed by atoms with Crippen LogP contribution in [0.4, 0.5) is 0 Å². The zero-order valence-electron chi connectivity index (χ0n) is 15.3. The van der Waals surface area contributed by atoms with Gasteiger partial charge in [0, 0.05) is 35.2 Å². The molecule has 0 radical (unpaired) electrons. The summed E-state index contributed by atoms with van der Waals surface area (Å²) >= 11 is 11.7. The minimum absolute atomic E-state index is 0.0545. The lowest BCUT2D eigenvalue weighted by Crippen LogP contribution is -2.59. The van der Waals surface area contributed by atoms with Crippen LogP contribution in [0.15, 0.2) is 58.3 Å². The van der Waals surface area contributed by atoms with Crippen LogP contribution >= 0.6 is 23.2 Å². The van der Waals surface area contributed by atoms with Crippen LogP contribution in [0.2, 0.25) is 10.0 Å². The van der Waals surface area contributed by atoms with E-state index in [2.05, 4.69) is 0 Å². The van der Waals surface area contributed by atoms with Crippen LogP contribution in [0.3, 0.4) is 0 Å². The number of nitrogens with zero attached hydrogens (tertiary/aromatic N) is 2. The summed E-state index contributed by atoms with van der Waals surface area (Å²) in [5.41, 5.74) is 0. The van der Waals surface area contributed by atoms with Crippen LogP contribution in [0.25, 0.3) is 0 Å². The van der Waals surface area contributed by atoms with Crippen LogP contribution < -0.4 is 0 Å². The molecule has 0 N–H and O–H groups in total. The summed E-state index contributed by atoms with van der Waals surface area (Å²) in [4.78, 5) is 0.259. The molecule has 152 valence electrons. The van der Waals surface area contributed by atoms with E-state index in [4.69, 9.17) is 23.2 Å². The highest BCUT2D eigenvalue weighted by Crippen LogP contribution is 2.29. The first-order valence-corrected chi connectivity index (χ1v) is 12.2. The standard InChI is InChI=1S/C18H20Cl2N2O4S2/c1-13-11-22(28(25,26)18-9-5-16(20)6-10-18)14(2)12-21(13)27(23,24)17-7-3-15(19)4-8-17/h3-10,13-14H,11-12H2,1-2H3/t13-,14-/m0/s1. The van der Waals surface area contributed by atoms with Crippen LogP contribution in [-0.2, 0) is 20.0 Å². The first kappa shape index (κ1) is 21.5. The third-order valence-corrected chi connectivity index (χ3v) is 9.20. The summed E-state index contributed by atoms with van der Waals surface area (Å²) in [7, 11) is -7.53. The van der Waals surface area contributed by atoms with Crippen molar-refractivity contribution in [2.45, 2.75) is 35.7 Å². The maximum Gasteiger partial charge on any atom is 0.243 e. The molecule has 10 heteroatoms. The Morgan fingerprint density at radius 1 is 0.679 bits per heavy atom. The molecule has 0 saturated carbocycles. The van der Waals surface area contributed by atoms with Crippen molar-refractivity contribution in [3.05, 3.63) is 58.6 Å². The van der Waals surface area contributed by atoms with E-state index in [-0.39, 0.29) is 22.9 Å². The summed E-state index contributed by atoms with van der Waals surface area (Å²) in [6.45, 7) is 3.51. The van der Waals surface area contributed by atoms with Gasteiger partial charge < -0.3 is 0 Å². The van der Waals surface area contributed by atoms with Crippen molar-refractivity contribution in [3.63, 3.8) is 0 Å². The van der Waals surface area contributed by atoms with E-state index in [0.29, 0.717) is 10.0 Å². The number of piperazine rings is 1. The molecule has 1 fully saturated rings. The Morgan fingerprint density at radius 2 is 0.964 bits per heavy atom. The molecule has 6 nitrogen and oxygen atoms in total. The Hall–Kier alpha value is -1.16. The lowest BCUT2D eigenvalue weighted by Gasteiger charge is -2.42. The van der Waals surface area contributed by atoms with Crippen molar-refractivity contribution >= 4 is 43.2 Å². The second-order valence-electron chi connectivity index (χ2n) is 6.76. The fraction of sp³-hybridized carbons (Fsp3) is 0.333. The second kappa shape index (κ2) is 7.93. The summed E-state index contributed by atoms with van der Waals surface area (Å²) in [5, 5.41) is 0.887. The zero-order valence-corrected chi connectivity index (χ0v) is 18.4. The molecule has 0 amide bonds. The average Bonchev–Trinajstić information content (AvgIpc) is 2.63. The molecule has 0 aromatic heterocycles. The largest absolute Gasteiger partial charge is 0.243 e. The number of sulfonamides is 2. The highest BCUT2D eigenvalue weighted by atomic mass is 35.5. The first-order chi connectivity index (χ1) is 13.0. The molecule has 0 aliphatic carbocycles. The Kier molecular flexibility index (Phi) is 6.10. The van der Waals surface area contributed by atoms with Gasteiger partial charge in [0.2, 0.25) is 20.0 Å². The Balaban J connectivity index is 1.88. The minimum Gasteiger partial charge on any atom is -0.207 e. The Labute approximate surface area is 175 Å². The van der Waals surface area contributed by atoms with Crippen LogP contribution in [0.5, 0.6) is 0 Å². The van der Waals surface area contributed by atoms with E-state index < -0.39 is 32.1 Å². The summed E-state index contributed by atoms with van der Waals surface area (Å²) in [5.74, 6) is 0. The lowest BCUT2D eigenvalue weighted by atomic mass is 10.2. The van der Waals surface area contributed by atoms with Crippen LogP contribution in [0, 0.1) is 0 Å². The Bertz CT molecular complexity index is 968. The SMILES string of the molecule is C[C@H]1CN(S(=O)(=O)c2ccc(Cl)cc2)[C@@H](C)CN1S(=O)(=O)c1ccc(Cl)cc1. The van der Waals surface area contributed by atoms with E-state index >= 15 is 0 Å². The molecule has 1 heterocycles. The maximum atomic E-state index is 13.0. The number of hydrogen-bond acceptors (Lipinski definition) is 4. The smallest absolute Gasteiger partial charge is 0.207 e. The van der Waals surface area contributed by atoms with E-state index in [9.17, 15) is 16.8 Å². The molecule has 1 aliphatic rings. The summed E-state index contributed by atoms with van der Waals surface area (Å²) in [6.07, 6.45) is 0. The maximum absolute atomic E-state index is 13.0. The van der Waals surface area contributed by atoms with Crippen molar-refractivity contribution in [3.8, 4) is 0 Å². The van der Waals surface area contributed by atoms with Crippen LogP contribution in [-0.4, -0.2) is 50.6 Å². The fourth-order valence-corrected chi connectivity index (χ4v) is 6.88. The molecule has 0 unspecified atom stereocenters. The molecule has 0 bridgehead atoms. The molecule has 2 aromatic rings. The molecule has 28 heavy (non-hydrogen) atoms. The highest BCUT2D eigenvalue weighted by molar-refractivity contribution is 7.89. The molecule has 0 spiro atoms. The Morgan fingerprint density at radius 3 is 1.25 bits per heavy atom. The van der Waals surface area contributed by atoms with E-state index in [1.807, 2.05) is 0 Å². The van der Waals surface area contributed by atoms with Crippen molar-refractivity contribution < 1.29 is 16.8 Å². The number of hydrogen-bond donors (Lipinski definition) is 0. The van der Waals surface area contributed by atoms with Gasteiger partial charge in [-0.1, -0.05) is 23.2 Å². The van der Waals surface area contributed by atoms with E-state index in [0.717, 1.165) is 0 Å². The van der Waals surface area contributed by atoms with Gasteiger partial charge in [0.25, 0.3) is 0 Å². The second-order valence-corrected chi connectivity index (χ2v) is 11.4. The van der Waals surface area contributed by atoms with Gasteiger partial charge in [-0.25, -0.2) is 16.8 Å². The normalized spacial score (nSPS) is 22.3. The van der Waals surface area contributed by atoms with Gasteiger partial charge in [-0.2, -0.15) is 8.61 Å².